The molecule has 1 aromatic carbocycles. The minimum atomic E-state index is -4.35. The number of halogens is 4. The number of benzene rings is 1. The second-order valence-electron chi connectivity index (χ2n) is 3.99. The van der Waals surface area contributed by atoms with Crippen LogP contribution >= 0.6 is 0 Å². The monoisotopic (exact) mass is 281 g/mol. The first-order valence-electron chi connectivity index (χ1n) is 5.62. The summed E-state index contributed by atoms with van der Waals surface area (Å²) in [5.74, 6) is -0.111. The molecular formula is C12H15F4NO2. The van der Waals surface area contributed by atoms with Crippen molar-refractivity contribution in [3.63, 3.8) is 0 Å². The highest BCUT2D eigenvalue weighted by Crippen LogP contribution is 2.24. The molecule has 0 amide bonds. The summed E-state index contributed by atoms with van der Waals surface area (Å²) in [4.78, 5) is 0. The van der Waals surface area contributed by atoms with E-state index in [1.807, 2.05) is 0 Å². The van der Waals surface area contributed by atoms with Crippen LogP contribution in [0.3, 0.4) is 0 Å². The molecule has 2 N–H and O–H groups in total. The van der Waals surface area contributed by atoms with Crippen LogP contribution in [0.5, 0.6) is 5.75 Å². The van der Waals surface area contributed by atoms with Gasteiger partial charge < -0.3 is 15.2 Å². The second kappa shape index (κ2) is 6.72. The molecule has 3 nitrogen and oxygen atoms in total. The van der Waals surface area contributed by atoms with E-state index in [1.54, 1.807) is 6.92 Å². The van der Waals surface area contributed by atoms with E-state index in [0.717, 1.165) is 0 Å². The van der Waals surface area contributed by atoms with Gasteiger partial charge in [-0.3, -0.25) is 0 Å². The van der Waals surface area contributed by atoms with Crippen molar-refractivity contribution >= 4 is 0 Å². The lowest BCUT2D eigenvalue weighted by molar-refractivity contribution is -0.175. The second-order valence-corrected chi connectivity index (χ2v) is 3.99. The summed E-state index contributed by atoms with van der Waals surface area (Å²) >= 11 is 0. The third-order valence-corrected chi connectivity index (χ3v) is 2.21. The summed E-state index contributed by atoms with van der Waals surface area (Å²) in [5, 5.41) is 0. The molecule has 0 heterocycles. The summed E-state index contributed by atoms with van der Waals surface area (Å²) in [5.41, 5.74) is 6.10. The largest absolute Gasteiger partial charge is 0.491 e. The van der Waals surface area contributed by atoms with Crippen LogP contribution in [0, 0.1) is 5.82 Å². The van der Waals surface area contributed by atoms with Gasteiger partial charge in [0.2, 0.25) is 0 Å². The zero-order valence-corrected chi connectivity index (χ0v) is 10.3. The molecule has 0 aromatic heterocycles. The topological polar surface area (TPSA) is 44.5 Å². The average molecular weight is 281 g/mol. The van der Waals surface area contributed by atoms with Gasteiger partial charge in [0.25, 0.3) is 0 Å². The zero-order valence-electron chi connectivity index (χ0n) is 10.3. The molecule has 0 fully saturated rings. The van der Waals surface area contributed by atoms with Gasteiger partial charge in [0.05, 0.1) is 6.61 Å². The summed E-state index contributed by atoms with van der Waals surface area (Å²) in [7, 11) is 0. The van der Waals surface area contributed by atoms with Crippen LogP contribution in [0.25, 0.3) is 0 Å². The number of ether oxygens (including phenoxy) is 2. The highest BCUT2D eigenvalue weighted by atomic mass is 19.4. The molecule has 0 spiro atoms. The van der Waals surface area contributed by atoms with Crippen molar-refractivity contribution in [2.75, 3.05) is 19.8 Å². The van der Waals surface area contributed by atoms with Crippen LogP contribution in [-0.2, 0) is 4.74 Å². The smallest absolute Gasteiger partial charge is 0.411 e. The Bertz CT molecular complexity index is 407. The Morgan fingerprint density at radius 3 is 2.53 bits per heavy atom. The Hall–Kier alpha value is -1.34. The van der Waals surface area contributed by atoms with Crippen LogP contribution in [0.4, 0.5) is 17.6 Å². The molecule has 108 valence electrons. The minimum Gasteiger partial charge on any atom is -0.491 e. The molecule has 0 bridgehead atoms. The van der Waals surface area contributed by atoms with Gasteiger partial charge in [-0.25, -0.2) is 4.39 Å². The summed E-state index contributed by atoms with van der Waals surface area (Å²) < 4.78 is 58.0. The minimum absolute atomic E-state index is 0.0680. The first-order valence-corrected chi connectivity index (χ1v) is 5.62. The molecule has 0 aliphatic heterocycles. The lowest BCUT2D eigenvalue weighted by Crippen LogP contribution is -2.19. The van der Waals surface area contributed by atoms with Crippen LogP contribution in [0.2, 0.25) is 0 Å². The Labute approximate surface area is 108 Å². The highest BCUT2D eigenvalue weighted by Gasteiger charge is 2.27. The third-order valence-electron chi connectivity index (χ3n) is 2.21. The molecule has 7 heteroatoms. The first kappa shape index (κ1) is 15.7. The first-order chi connectivity index (χ1) is 8.79. The Morgan fingerprint density at radius 2 is 1.95 bits per heavy atom. The Kier molecular flexibility index (Phi) is 5.56. The van der Waals surface area contributed by atoms with Gasteiger partial charge >= 0.3 is 6.18 Å². The maximum absolute atomic E-state index is 13.0. The van der Waals surface area contributed by atoms with Crippen LogP contribution in [0.1, 0.15) is 18.5 Å². The highest BCUT2D eigenvalue weighted by molar-refractivity contribution is 5.36. The molecule has 1 rings (SSSR count). The molecule has 0 aliphatic carbocycles. The SMILES string of the molecule is C[C@H](N)c1cc(F)ccc1OCCOCC(F)(F)F. The van der Waals surface area contributed by atoms with Gasteiger partial charge in [-0.15, -0.1) is 0 Å². The fourth-order valence-corrected chi connectivity index (χ4v) is 1.41. The van der Waals surface area contributed by atoms with Crippen molar-refractivity contribution in [2.24, 2.45) is 5.73 Å². The third kappa shape index (κ3) is 5.89. The van der Waals surface area contributed by atoms with Crippen molar-refractivity contribution in [3.05, 3.63) is 29.6 Å². The van der Waals surface area contributed by atoms with E-state index in [4.69, 9.17) is 10.5 Å². The van der Waals surface area contributed by atoms with Gasteiger partial charge in [0, 0.05) is 11.6 Å². The van der Waals surface area contributed by atoms with Gasteiger partial charge in [0.15, 0.2) is 0 Å². The van der Waals surface area contributed by atoms with Gasteiger partial charge in [-0.1, -0.05) is 0 Å². The maximum Gasteiger partial charge on any atom is 0.411 e. The maximum atomic E-state index is 13.0. The van der Waals surface area contributed by atoms with E-state index in [9.17, 15) is 17.6 Å². The molecule has 0 saturated carbocycles. The molecule has 0 radical (unpaired) electrons. The van der Waals surface area contributed by atoms with E-state index in [-0.39, 0.29) is 13.2 Å². The molecule has 1 atom stereocenters. The number of nitrogens with two attached hydrogens (primary N) is 1. The number of rotatable bonds is 6. The molecule has 0 aliphatic rings. The predicted molar refractivity (Wildman–Crippen MR) is 61.4 cm³/mol. The van der Waals surface area contributed by atoms with Crippen molar-refractivity contribution in [2.45, 2.75) is 19.1 Å². The fraction of sp³-hybridized carbons (Fsp3) is 0.500. The normalized spacial score (nSPS) is 13.4. The summed E-state index contributed by atoms with van der Waals surface area (Å²) in [6.45, 7) is 0.0540. The standard InChI is InChI=1S/C12H15F4NO2/c1-8(17)10-6-9(13)2-3-11(10)19-5-4-18-7-12(14,15)16/h2-3,6,8H,4-5,7,17H2,1H3/t8-/m0/s1. The van der Waals surface area contributed by atoms with Crippen LogP contribution in [-0.4, -0.2) is 26.0 Å². The van der Waals surface area contributed by atoms with Crippen LogP contribution in [0.15, 0.2) is 18.2 Å². The Balaban J connectivity index is 2.45. The van der Waals surface area contributed by atoms with Gasteiger partial charge in [0.1, 0.15) is 24.8 Å². The predicted octanol–water partition coefficient (Wildman–Crippen LogP) is 2.80. The molecule has 19 heavy (non-hydrogen) atoms. The van der Waals surface area contributed by atoms with Crippen molar-refractivity contribution in [3.8, 4) is 5.75 Å². The zero-order chi connectivity index (χ0) is 14.5. The molecular weight excluding hydrogens is 266 g/mol. The van der Waals surface area contributed by atoms with E-state index in [1.165, 1.54) is 18.2 Å². The van der Waals surface area contributed by atoms with E-state index in [2.05, 4.69) is 4.74 Å². The van der Waals surface area contributed by atoms with Crippen molar-refractivity contribution in [1.82, 2.24) is 0 Å². The summed E-state index contributed by atoms with van der Waals surface area (Å²) in [6, 6.07) is 3.37. The number of alkyl halides is 3. The quantitative estimate of drug-likeness (QED) is 0.644. The average Bonchev–Trinajstić information content (AvgIpc) is 2.28. The number of hydrogen-bond acceptors (Lipinski definition) is 3. The van der Waals surface area contributed by atoms with Gasteiger partial charge in [-0.05, 0) is 25.1 Å². The lowest BCUT2D eigenvalue weighted by atomic mass is 10.1. The van der Waals surface area contributed by atoms with Crippen molar-refractivity contribution < 1.29 is 27.0 Å². The van der Waals surface area contributed by atoms with E-state index >= 15 is 0 Å². The van der Waals surface area contributed by atoms with E-state index in [0.29, 0.717) is 11.3 Å². The fourth-order valence-electron chi connectivity index (χ4n) is 1.41. The lowest BCUT2D eigenvalue weighted by Gasteiger charge is -2.14. The molecule has 1 aromatic rings. The van der Waals surface area contributed by atoms with Gasteiger partial charge in [-0.2, -0.15) is 13.2 Å². The molecule has 0 saturated heterocycles. The molecule has 0 unspecified atom stereocenters. The number of hydrogen-bond donors (Lipinski definition) is 1. The van der Waals surface area contributed by atoms with Crippen LogP contribution < -0.4 is 10.5 Å². The Morgan fingerprint density at radius 1 is 1.26 bits per heavy atom. The summed E-state index contributed by atoms with van der Waals surface area (Å²) in [6.07, 6.45) is -4.35. The van der Waals surface area contributed by atoms with E-state index < -0.39 is 24.6 Å². The van der Waals surface area contributed by atoms with Crippen molar-refractivity contribution in [1.29, 1.82) is 0 Å².